The van der Waals surface area contributed by atoms with Gasteiger partial charge in [-0.05, 0) is 30.3 Å². The lowest BCUT2D eigenvalue weighted by atomic mass is 9.99. The summed E-state index contributed by atoms with van der Waals surface area (Å²) in [6.45, 7) is -1.48. The van der Waals surface area contributed by atoms with Crippen LogP contribution in [0, 0.1) is 0 Å². The van der Waals surface area contributed by atoms with Gasteiger partial charge in [0.05, 0.1) is 27.4 Å². The van der Waals surface area contributed by atoms with Crippen LogP contribution in [0.3, 0.4) is 0 Å². The first-order chi connectivity index (χ1) is 20.9. The molecule has 0 unspecified atom stereocenters. The smallest absolute Gasteiger partial charge is 0.233 e. The fourth-order valence-corrected chi connectivity index (χ4v) is 4.68. The quantitative estimate of drug-likeness (QED) is 0.0921. The first-order valence-electron chi connectivity index (χ1n) is 13.3. The third-order valence-electron chi connectivity index (χ3n) is 7.20. The number of Topliss-reactive ketones (excluding diaryl/α,β-unsaturated/α-hetero) is 2. The number of hydrogen-bond acceptors (Lipinski definition) is 16. The molecule has 0 aliphatic carbocycles. The average Bonchev–Trinajstić information content (AvgIpc) is 3.03. The van der Waals surface area contributed by atoms with Crippen molar-refractivity contribution in [3.8, 4) is 23.0 Å². The van der Waals surface area contributed by atoms with Gasteiger partial charge in [-0.2, -0.15) is 0 Å². The summed E-state index contributed by atoms with van der Waals surface area (Å²) in [6, 6.07) is 7.34. The van der Waals surface area contributed by atoms with Crippen molar-refractivity contribution in [2.24, 2.45) is 0 Å². The first kappa shape index (κ1) is 33.5. The topological polar surface area (TPSA) is 251 Å². The molecule has 0 aromatic heterocycles. The van der Waals surface area contributed by atoms with Gasteiger partial charge >= 0.3 is 0 Å². The maximum atomic E-state index is 13.4. The maximum absolute atomic E-state index is 13.4. The van der Waals surface area contributed by atoms with E-state index in [1.54, 1.807) is 0 Å². The lowest BCUT2D eigenvalue weighted by Gasteiger charge is -2.40. The first-order valence-corrected chi connectivity index (χ1v) is 13.3. The second kappa shape index (κ2) is 14.1. The molecule has 8 N–H and O–H groups in total. The molecule has 0 saturated carbocycles. The monoisotopic (exact) mass is 626 g/mol. The Kier molecular flexibility index (Phi) is 10.7. The Bertz CT molecular complexity index is 1260. The van der Waals surface area contributed by atoms with Crippen LogP contribution < -0.4 is 18.9 Å². The summed E-state index contributed by atoms with van der Waals surface area (Å²) < 4.78 is 32.3. The molecule has 16 nitrogen and oxygen atoms in total. The van der Waals surface area contributed by atoms with Crippen LogP contribution in [-0.4, -0.2) is 141 Å². The van der Waals surface area contributed by atoms with Crippen LogP contribution >= 0.6 is 0 Å². The van der Waals surface area contributed by atoms with E-state index in [9.17, 15) is 50.4 Å². The molecule has 4 rings (SSSR count). The van der Waals surface area contributed by atoms with E-state index in [0.29, 0.717) is 5.75 Å². The van der Waals surface area contributed by atoms with E-state index in [1.807, 2.05) is 0 Å². The Hall–Kier alpha value is -3.42. The number of carbonyl (C=O) groups is 2. The zero-order chi connectivity index (χ0) is 32.3. The highest BCUT2D eigenvalue weighted by Crippen LogP contribution is 2.32. The molecule has 2 aromatic carbocycles. The number of ketones is 2. The van der Waals surface area contributed by atoms with E-state index in [-0.39, 0.29) is 28.4 Å². The van der Waals surface area contributed by atoms with Crippen molar-refractivity contribution >= 4 is 11.6 Å². The van der Waals surface area contributed by atoms with Crippen molar-refractivity contribution in [2.45, 2.75) is 61.4 Å². The lowest BCUT2D eigenvalue weighted by molar-refractivity contribution is -0.278. The van der Waals surface area contributed by atoms with E-state index in [1.165, 1.54) is 32.4 Å². The summed E-state index contributed by atoms with van der Waals surface area (Å²) in [6.07, 6.45) is -16.6. The highest BCUT2D eigenvalue weighted by Gasteiger charge is 2.46. The molecule has 10 atom stereocenters. The van der Waals surface area contributed by atoms with Gasteiger partial charge in [-0.15, -0.1) is 0 Å². The number of aliphatic hydroxyl groups excluding tert-OH is 8. The van der Waals surface area contributed by atoms with Gasteiger partial charge in [0.2, 0.25) is 24.1 Å². The minimum absolute atomic E-state index is 0.0655. The van der Waals surface area contributed by atoms with E-state index in [2.05, 4.69) is 0 Å². The minimum Gasteiger partial charge on any atom is -0.493 e. The fourth-order valence-electron chi connectivity index (χ4n) is 4.68. The molecule has 2 aliphatic heterocycles. The molecule has 2 aliphatic rings. The number of carbonyl (C=O) groups excluding carboxylic acids is 2. The summed E-state index contributed by atoms with van der Waals surface area (Å²) >= 11 is 0. The van der Waals surface area contributed by atoms with Gasteiger partial charge in [-0.25, -0.2) is 0 Å². The number of rotatable bonds is 11. The predicted octanol–water partition coefficient (Wildman–Crippen LogP) is -2.87. The minimum atomic E-state index is -1.82. The number of ether oxygens (including phenoxy) is 6. The number of hydrogen-bond donors (Lipinski definition) is 8. The van der Waals surface area contributed by atoms with E-state index in [0.717, 1.165) is 18.2 Å². The molecule has 0 radical (unpaired) electrons. The van der Waals surface area contributed by atoms with Crippen LogP contribution in [0.4, 0.5) is 0 Å². The average molecular weight is 627 g/mol. The molecule has 0 bridgehead atoms. The predicted molar refractivity (Wildman–Crippen MR) is 143 cm³/mol. The fraction of sp³-hybridized carbons (Fsp3) is 0.500. The van der Waals surface area contributed by atoms with Gasteiger partial charge in [0.1, 0.15) is 60.3 Å². The zero-order valence-electron chi connectivity index (χ0n) is 23.5. The Morgan fingerprint density at radius 2 is 1.07 bits per heavy atom. The van der Waals surface area contributed by atoms with Gasteiger partial charge in [0, 0.05) is 17.2 Å². The summed E-state index contributed by atoms with van der Waals surface area (Å²) in [5.74, 6) is -2.14. The van der Waals surface area contributed by atoms with Crippen LogP contribution in [-0.2, 0) is 9.47 Å². The molecule has 44 heavy (non-hydrogen) atoms. The summed E-state index contributed by atoms with van der Waals surface area (Å²) in [5, 5.41) is 80.2. The molecule has 0 spiro atoms. The highest BCUT2D eigenvalue weighted by atomic mass is 16.7. The lowest BCUT2D eigenvalue weighted by Crippen LogP contribution is -2.60. The SMILES string of the molecule is COc1ccc(C(=O)C(=O)c2cc(O[C@@H]3O[C@H](CO)[C@@H](O)[C@H](O)[C@H]3O)cc(O[C@@H]3O[C@H](CO)[C@@H](O)[C@H](O)[C@H]3O)c2)cc1OC. The molecule has 2 fully saturated rings. The standard InChI is InChI=1S/C28H34O16/c1-39-15-4-3-11(7-16(15)40-2)19(31)20(32)12-5-13(41-27-25(37)23(35)21(33)17(9-29)43-27)8-14(6-12)42-28-26(38)24(36)22(34)18(10-30)44-28/h3-8,17-18,21-30,33-38H,9-10H2,1-2H3/t17-,18-,21-,22-,23+,24+,25-,26-,27-,28-/m1/s1. The molecule has 2 aromatic rings. The van der Waals surface area contributed by atoms with Gasteiger partial charge in [-0.3, -0.25) is 9.59 Å². The Labute approximate surface area is 250 Å². The molecule has 16 heteroatoms. The van der Waals surface area contributed by atoms with Crippen molar-refractivity contribution in [3.05, 3.63) is 47.5 Å². The van der Waals surface area contributed by atoms with E-state index < -0.39 is 86.2 Å². The van der Waals surface area contributed by atoms with E-state index in [4.69, 9.17) is 28.4 Å². The second-order valence-corrected chi connectivity index (χ2v) is 10.1. The molecule has 242 valence electrons. The van der Waals surface area contributed by atoms with Crippen molar-refractivity contribution in [2.75, 3.05) is 27.4 Å². The Morgan fingerprint density at radius 3 is 1.50 bits per heavy atom. The van der Waals surface area contributed by atoms with Crippen LogP contribution in [0.15, 0.2) is 36.4 Å². The van der Waals surface area contributed by atoms with Crippen molar-refractivity contribution in [1.29, 1.82) is 0 Å². The Morgan fingerprint density at radius 1 is 0.614 bits per heavy atom. The molecular weight excluding hydrogens is 592 g/mol. The second-order valence-electron chi connectivity index (χ2n) is 10.1. The zero-order valence-corrected chi connectivity index (χ0v) is 23.5. The van der Waals surface area contributed by atoms with Crippen molar-refractivity contribution in [3.63, 3.8) is 0 Å². The number of benzene rings is 2. The molecular formula is C28H34O16. The third kappa shape index (κ3) is 6.79. The normalized spacial score (nSPS) is 32.0. The molecule has 0 amide bonds. The largest absolute Gasteiger partial charge is 0.493 e. The van der Waals surface area contributed by atoms with Crippen molar-refractivity contribution in [1.82, 2.24) is 0 Å². The summed E-state index contributed by atoms with van der Waals surface area (Å²) in [4.78, 5) is 26.6. The summed E-state index contributed by atoms with van der Waals surface area (Å²) in [5.41, 5.74) is -0.393. The van der Waals surface area contributed by atoms with Gasteiger partial charge in [0.15, 0.2) is 11.5 Å². The number of methoxy groups -OCH3 is 2. The third-order valence-corrected chi connectivity index (χ3v) is 7.20. The van der Waals surface area contributed by atoms with Gasteiger partial charge in [0.25, 0.3) is 0 Å². The van der Waals surface area contributed by atoms with E-state index >= 15 is 0 Å². The van der Waals surface area contributed by atoms with Crippen molar-refractivity contribution < 1.29 is 78.9 Å². The maximum Gasteiger partial charge on any atom is 0.233 e. The summed E-state index contributed by atoms with van der Waals surface area (Å²) in [7, 11) is 2.73. The number of aliphatic hydroxyl groups is 8. The molecule has 2 heterocycles. The highest BCUT2D eigenvalue weighted by molar-refractivity contribution is 6.49. The Balaban J connectivity index is 1.69. The van der Waals surface area contributed by atoms with Crippen LogP contribution in [0.25, 0.3) is 0 Å². The van der Waals surface area contributed by atoms with Gasteiger partial charge < -0.3 is 69.3 Å². The molecule has 2 saturated heterocycles. The van der Waals surface area contributed by atoms with Crippen LogP contribution in [0.2, 0.25) is 0 Å². The van der Waals surface area contributed by atoms with Gasteiger partial charge in [-0.1, -0.05) is 0 Å². The van der Waals surface area contributed by atoms with Crippen LogP contribution in [0.1, 0.15) is 20.7 Å². The van der Waals surface area contributed by atoms with Crippen LogP contribution in [0.5, 0.6) is 23.0 Å².